The van der Waals surface area contributed by atoms with Crippen molar-refractivity contribution in [2.45, 2.75) is 0 Å². The van der Waals surface area contributed by atoms with Gasteiger partial charge in [-0.1, -0.05) is 0 Å². The summed E-state index contributed by atoms with van der Waals surface area (Å²) in [5.74, 6) is 0. The first-order valence-electron chi connectivity index (χ1n) is 13.7. The second kappa shape index (κ2) is 9.83. The molecule has 192 valence electrons. The van der Waals surface area contributed by atoms with Crippen molar-refractivity contribution < 1.29 is 0 Å². The number of fused-ring (bicyclic) bond motifs is 6. The molecule has 0 aliphatic heterocycles. The second-order valence-electron chi connectivity index (χ2n) is 10.3. The molecule has 0 spiro atoms. The van der Waals surface area contributed by atoms with E-state index in [1.165, 1.54) is 43.6 Å². The van der Waals surface area contributed by atoms with Crippen LogP contribution in [0.25, 0.3) is 55.0 Å². The molecule has 0 aliphatic rings. The minimum absolute atomic E-state index is 0.413. The predicted molar refractivity (Wildman–Crippen MR) is 177 cm³/mol. The fourth-order valence-electron chi connectivity index (χ4n) is 6.20. The summed E-state index contributed by atoms with van der Waals surface area (Å²) < 4.78 is 7.02. The van der Waals surface area contributed by atoms with Crippen molar-refractivity contribution in [2.24, 2.45) is 0 Å². The number of para-hydroxylation sites is 4. The fourth-order valence-corrected chi connectivity index (χ4v) is 7.50. The van der Waals surface area contributed by atoms with Crippen LogP contribution in [-0.2, 0) is 0 Å². The van der Waals surface area contributed by atoms with Gasteiger partial charge in [0.25, 0.3) is 0 Å². The van der Waals surface area contributed by atoms with Crippen molar-refractivity contribution in [2.75, 3.05) is 3.88 Å². The second-order valence-corrected chi connectivity index (χ2v) is 11.6. The Morgan fingerprint density at radius 1 is 0.415 bits per heavy atom. The van der Waals surface area contributed by atoms with Gasteiger partial charge in [-0.3, -0.25) is 0 Å². The summed E-state index contributed by atoms with van der Waals surface area (Å²) in [6.07, 6.45) is 0. The quantitative estimate of drug-likeness (QED) is 0.195. The first-order valence-corrected chi connectivity index (χ1v) is 16.1. The summed E-state index contributed by atoms with van der Waals surface area (Å²) in [5.41, 5.74) is 9.39. The molecule has 0 amide bonds. The van der Waals surface area contributed by atoms with Crippen molar-refractivity contribution >= 4 is 79.3 Å². The third-order valence-electron chi connectivity index (χ3n) is 8.00. The van der Waals surface area contributed by atoms with Crippen LogP contribution in [0.4, 0.5) is 11.4 Å². The van der Waals surface area contributed by atoms with E-state index in [9.17, 15) is 0 Å². The van der Waals surface area contributed by atoms with Gasteiger partial charge < -0.3 is 0 Å². The van der Waals surface area contributed by atoms with E-state index in [2.05, 4.69) is 159 Å². The maximum atomic E-state index is 5.84. The normalized spacial score (nSPS) is 11.4. The van der Waals surface area contributed by atoms with E-state index >= 15 is 0 Å². The zero-order chi connectivity index (χ0) is 27.3. The van der Waals surface area contributed by atoms with Crippen LogP contribution in [0.2, 0.25) is 0 Å². The van der Waals surface area contributed by atoms with Crippen molar-refractivity contribution in [3.05, 3.63) is 146 Å². The van der Waals surface area contributed by atoms with Gasteiger partial charge in [-0.05, 0) is 0 Å². The van der Waals surface area contributed by atoms with Crippen molar-refractivity contribution in [1.82, 2.24) is 9.13 Å². The Labute approximate surface area is 248 Å². The molecule has 0 aliphatic carbocycles. The van der Waals surface area contributed by atoms with E-state index < -0.39 is 13.8 Å². The Kier molecular flexibility index (Phi) is 5.82. The molecule has 0 saturated heterocycles. The van der Waals surface area contributed by atoms with E-state index in [0.29, 0.717) is 0 Å². The van der Waals surface area contributed by atoms with Crippen LogP contribution in [0.15, 0.2) is 146 Å². The average molecular weight is 558 g/mol. The minimum atomic E-state index is -0.413. The number of nitrogens with zero attached hydrogens (tertiary/aromatic N) is 3. The number of hydrogen-bond donors (Lipinski definition) is 0. The van der Waals surface area contributed by atoms with Crippen LogP contribution >= 0.6 is 10.5 Å². The summed E-state index contributed by atoms with van der Waals surface area (Å²) >= 11 is -0.413. The molecule has 2 aromatic heterocycles. The molecule has 0 bridgehead atoms. The predicted octanol–water partition coefficient (Wildman–Crippen LogP) is 9.75. The van der Waals surface area contributed by atoms with Crippen molar-refractivity contribution in [3.8, 4) is 11.4 Å². The van der Waals surface area contributed by atoms with E-state index in [-0.39, 0.29) is 0 Å². The Hall–Kier alpha value is -4.53. The molecule has 0 radical (unpaired) electrons. The molecule has 8 aromatic rings. The number of aromatic nitrogens is 2. The van der Waals surface area contributed by atoms with Crippen LogP contribution in [0.1, 0.15) is 0 Å². The maximum absolute atomic E-state index is 5.84. The van der Waals surface area contributed by atoms with Gasteiger partial charge >= 0.3 is 249 Å². The molecule has 41 heavy (non-hydrogen) atoms. The van der Waals surface area contributed by atoms with Gasteiger partial charge in [-0.25, -0.2) is 0 Å². The standard InChI is InChI=1S/C36H24N3.Al.S/c1-3-11-27(12-4-1)38-33-17-9-7-15-29(33)31-23-25(19-21-35(31)38)37-26-20-22-36-32(24-26)30-16-8-10-18-34(30)39(36)28-13-5-2-6-14-28;;/h1-24H;;/q-1;+1;. The zero-order valence-electron chi connectivity index (χ0n) is 22.2. The molecule has 0 N–H and O–H groups in total. The van der Waals surface area contributed by atoms with Gasteiger partial charge in [0, 0.05) is 0 Å². The summed E-state index contributed by atoms with van der Waals surface area (Å²) in [5, 5.41) is 4.95. The molecule has 5 heteroatoms. The first kappa shape index (κ1) is 24.3. The molecule has 0 unspecified atom stereocenters. The molecule has 8 rings (SSSR count). The molecule has 0 atom stereocenters. The van der Waals surface area contributed by atoms with Crippen LogP contribution in [0.3, 0.4) is 0 Å². The van der Waals surface area contributed by atoms with Gasteiger partial charge in [-0.15, -0.1) is 0 Å². The topological polar surface area (TPSA) is 13.1 Å². The van der Waals surface area contributed by atoms with E-state index in [0.717, 1.165) is 22.7 Å². The Morgan fingerprint density at radius 2 is 0.805 bits per heavy atom. The van der Waals surface area contributed by atoms with Gasteiger partial charge in [0.2, 0.25) is 0 Å². The molecule has 6 aromatic carbocycles. The molecule has 0 saturated carbocycles. The van der Waals surface area contributed by atoms with E-state index in [4.69, 9.17) is 10.5 Å². The molecule has 0 fully saturated rings. The Morgan fingerprint density at radius 3 is 1.24 bits per heavy atom. The van der Waals surface area contributed by atoms with Gasteiger partial charge in [0.05, 0.1) is 0 Å². The molecule has 2 heterocycles. The number of rotatable bonds is 5. The third-order valence-corrected chi connectivity index (χ3v) is 9.44. The zero-order valence-corrected chi connectivity index (χ0v) is 24.2. The summed E-state index contributed by atoms with van der Waals surface area (Å²) in [6, 6.07) is 52.0. The average Bonchev–Trinajstić information content (AvgIpc) is 3.55. The number of benzene rings is 6. The summed E-state index contributed by atoms with van der Waals surface area (Å²) in [4.78, 5) is 0. The Balaban J connectivity index is 1.31. The van der Waals surface area contributed by atoms with Crippen molar-refractivity contribution in [1.29, 1.82) is 0 Å². The van der Waals surface area contributed by atoms with Crippen LogP contribution < -0.4 is 3.88 Å². The van der Waals surface area contributed by atoms with Crippen LogP contribution in [0, 0.1) is 0 Å². The number of hydrogen-bond acceptors (Lipinski definition) is 1. The third kappa shape index (κ3) is 3.86. The van der Waals surface area contributed by atoms with Crippen LogP contribution in [0.5, 0.6) is 0 Å². The molecular formula is C36H24AlN3S. The fraction of sp³-hybridized carbons (Fsp3) is 0. The van der Waals surface area contributed by atoms with Crippen LogP contribution in [-0.4, -0.2) is 22.9 Å². The monoisotopic (exact) mass is 557 g/mol. The number of anilines is 2. The van der Waals surface area contributed by atoms with Crippen molar-refractivity contribution in [3.63, 3.8) is 0 Å². The molecule has 3 nitrogen and oxygen atoms in total. The SMILES string of the molecule is [S]=[Al][N](c1ccc2c(c1)c1ccccc1n2-c1ccccc1)c1ccc2c(c1)c1ccccc1n2-c1ccccc1. The van der Waals surface area contributed by atoms with Gasteiger partial charge in [0.1, 0.15) is 0 Å². The summed E-state index contributed by atoms with van der Waals surface area (Å²) in [6.45, 7) is 0. The Bertz CT molecular complexity index is 2080. The van der Waals surface area contributed by atoms with Gasteiger partial charge in [-0.2, -0.15) is 0 Å². The summed E-state index contributed by atoms with van der Waals surface area (Å²) in [7, 11) is 5.84. The van der Waals surface area contributed by atoms with Gasteiger partial charge in [0.15, 0.2) is 0 Å². The first-order chi connectivity index (χ1) is 20.3. The molecular weight excluding hydrogens is 533 g/mol. The van der Waals surface area contributed by atoms with E-state index in [1.807, 2.05) is 0 Å². The van der Waals surface area contributed by atoms with E-state index in [1.54, 1.807) is 0 Å².